The second-order valence-electron chi connectivity index (χ2n) is 11.2. The zero-order valence-electron chi connectivity index (χ0n) is 27.6. The molecule has 4 N–H and O–H groups in total. The molecule has 13 nitrogen and oxygen atoms in total. The third-order valence-corrected chi connectivity index (χ3v) is 8.31. The predicted octanol–water partition coefficient (Wildman–Crippen LogP) is 3.31. The summed E-state index contributed by atoms with van der Waals surface area (Å²) in [5.41, 5.74) is 2.82. The Morgan fingerprint density at radius 1 is 0.837 bits per heavy atom. The average Bonchev–Trinajstić information content (AvgIpc) is 3.41. The van der Waals surface area contributed by atoms with E-state index in [1.165, 1.54) is 12.3 Å². The molecule has 262 valence electrons. The van der Waals surface area contributed by atoms with Gasteiger partial charge in [0.15, 0.2) is 6.23 Å². The Bertz CT molecular complexity index is 1680. The molecule has 1 aromatic heterocycles. The molecule has 3 unspecified atom stereocenters. The summed E-state index contributed by atoms with van der Waals surface area (Å²) in [6.07, 6.45) is -1.16. The highest BCUT2D eigenvalue weighted by Crippen LogP contribution is 2.42. The minimum atomic E-state index is -1.47. The third-order valence-electron chi connectivity index (χ3n) is 8.31. The van der Waals surface area contributed by atoms with Crippen LogP contribution in [0.25, 0.3) is 0 Å². The molecule has 5 atom stereocenters. The van der Waals surface area contributed by atoms with Crippen LogP contribution in [-0.2, 0) is 19.6 Å². The normalized spacial score (nSPS) is 18.8. The zero-order chi connectivity index (χ0) is 35.4. The van der Waals surface area contributed by atoms with Gasteiger partial charge in [-0.05, 0) is 51.9 Å². The molecular weight excluding hydrogens is 653 g/mol. The van der Waals surface area contributed by atoms with E-state index in [4.69, 9.17) is 28.4 Å². The lowest BCUT2D eigenvalue weighted by Crippen LogP contribution is -2.47. The van der Waals surface area contributed by atoms with E-state index in [1.54, 1.807) is 14.2 Å². The van der Waals surface area contributed by atoms with Crippen LogP contribution in [0, 0.1) is 0 Å². The Labute approximate surface area is 285 Å². The van der Waals surface area contributed by atoms with Crippen molar-refractivity contribution in [2.24, 2.45) is 0 Å². The molecular formula is C35H43N3O10P+. The third kappa shape index (κ3) is 8.45. The Kier molecular flexibility index (Phi) is 13.7. The summed E-state index contributed by atoms with van der Waals surface area (Å²) in [5.74, 6) is 1.35. The molecule has 5 rings (SSSR count). The molecule has 1 saturated heterocycles. The first-order valence-corrected chi connectivity index (χ1v) is 16.7. The van der Waals surface area contributed by atoms with Crippen molar-refractivity contribution in [2.75, 3.05) is 32.8 Å². The Morgan fingerprint density at radius 2 is 1.39 bits per heavy atom. The van der Waals surface area contributed by atoms with Crippen LogP contribution >= 0.6 is 8.69 Å². The molecule has 0 radical (unpaired) electrons. The number of benzene rings is 3. The summed E-state index contributed by atoms with van der Waals surface area (Å²) in [6, 6.07) is 25.9. The van der Waals surface area contributed by atoms with E-state index in [-0.39, 0.29) is 6.61 Å². The number of hydrogen-bond acceptors (Lipinski definition) is 10. The molecule has 0 saturated carbocycles. The van der Waals surface area contributed by atoms with Gasteiger partial charge in [-0.2, -0.15) is 9.57 Å². The molecule has 0 spiro atoms. The number of nitrogens with one attached hydrogen (secondary N) is 1. The maximum atomic E-state index is 13.3. The molecule has 1 fully saturated rings. The van der Waals surface area contributed by atoms with Crippen LogP contribution in [0.4, 0.5) is 0 Å². The van der Waals surface area contributed by atoms with E-state index in [9.17, 15) is 19.8 Å². The van der Waals surface area contributed by atoms with Crippen LogP contribution in [0.15, 0.2) is 101 Å². The minimum Gasteiger partial charge on any atom is -0.497 e. The van der Waals surface area contributed by atoms with Gasteiger partial charge in [-0.1, -0.05) is 74.4 Å². The number of nitrogens with zero attached hydrogens (tertiary/aromatic N) is 2. The van der Waals surface area contributed by atoms with Crippen molar-refractivity contribution < 1.29 is 38.6 Å². The fourth-order valence-electron chi connectivity index (χ4n) is 5.78. The minimum absolute atomic E-state index is 0.161. The maximum absolute atomic E-state index is 13.3. The number of aliphatic hydroxyl groups excluding tert-OH is 2. The van der Waals surface area contributed by atoms with E-state index in [0.29, 0.717) is 18.0 Å². The molecule has 1 aliphatic rings. The molecule has 14 heteroatoms. The Hall–Kier alpha value is -4.36. The number of unbranched alkanes of at least 4 members (excludes halogenated alkanes) is 2. The Balaban J connectivity index is 0.00000174. The molecule has 2 heterocycles. The second kappa shape index (κ2) is 17.9. The van der Waals surface area contributed by atoms with Crippen molar-refractivity contribution in [1.82, 2.24) is 9.24 Å². The molecule has 1 aliphatic heterocycles. The maximum Gasteiger partial charge on any atom is 0.491 e. The second-order valence-corrected chi connectivity index (χ2v) is 11.4. The van der Waals surface area contributed by atoms with Crippen molar-refractivity contribution in [3.63, 3.8) is 0 Å². The number of aromatic nitrogens is 2. The lowest BCUT2D eigenvalue weighted by atomic mass is 9.80. The molecule has 0 amide bonds. The van der Waals surface area contributed by atoms with Gasteiger partial charge in [0.05, 0.1) is 20.8 Å². The summed E-state index contributed by atoms with van der Waals surface area (Å²) >= 11 is 0. The standard InChI is InChI=1S/C35H41N3O8.HO2P/c1-4-5-9-21-36-38-30(39)20-22-37(34(38)42)33-32(41)31(40)29(46-33)23-45-35(24-10-7-6-8-11-24,25-12-16-27(43-2)17-13-25)26-14-18-28(44-3)19-15-26;1-3-2/h6-8,10-20,22,29,31-33,36,40-41H,4-5,9,21,23H2,1-3H3;3H/p+1/t29-,31?,32?,33-;/m0./s1. The van der Waals surface area contributed by atoms with Gasteiger partial charge in [0.25, 0.3) is 5.56 Å². The van der Waals surface area contributed by atoms with Crippen LogP contribution in [0.1, 0.15) is 49.1 Å². The van der Waals surface area contributed by atoms with E-state index in [1.807, 2.05) is 78.9 Å². The van der Waals surface area contributed by atoms with Gasteiger partial charge in [-0.25, -0.2) is 4.79 Å². The van der Waals surface area contributed by atoms with Crippen LogP contribution in [0.3, 0.4) is 0 Å². The Morgan fingerprint density at radius 3 is 1.92 bits per heavy atom. The van der Waals surface area contributed by atoms with Crippen LogP contribution in [-0.4, -0.2) is 70.0 Å². The molecule has 3 aromatic carbocycles. The first-order valence-electron chi connectivity index (χ1n) is 15.8. The van der Waals surface area contributed by atoms with Gasteiger partial charge in [0.1, 0.15) is 35.4 Å². The molecule has 0 aliphatic carbocycles. The highest BCUT2D eigenvalue weighted by Gasteiger charge is 2.47. The lowest BCUT2D eigenvalue weighted by molar-refractivity contribution is -0.0960. The van der Waals surface area contributed by atoms with Crippen molar-refractivity contribution in [1.29, 1.82) is 0 Å². The summed E-state index contributed by atoms with van der Waals surface area (Å²) in [5, 5.41) is 22.2. The molecule has 0 bridgehead atoms. The largest absolute Gasteiger partial charge is 0.497 e. The van der Waals surface area contributed by atoms with Crippen molar-refractivity contribution in [2.45, 2.75) is 56.3 Å². The zero-order valence-corrected chi connectivity index (χ0v) is 28.6. The van der Waals surface area contributed by atoms with Crippen LogP contribution < -0.4 is 26.1 Å². The summed E-state index contributed by atoms with van der Waals surface area (Å²) in [7, 11) is 2.03. The molecule has 49 heavy (non-hydrogen) atoms. The van der Waals surface area contributed by atoms with E-state index < -0.39 is 50.1 Å². The monoisotopic (exact) mass is 696 g/mol. The van der Waals surface area contributed by atoms with Gasteiger partial charge >= 0.3 is 14.4 Å². The SMILES string of the molecule is CCCCCNn1c(=O)ccn([C@H]2O[C@@H](COC(c3ccccc3)(c3ccc(OC)cc3)c3ccc(OC)cc3)C(O)C2O)c1=O.O=[PH+]O. The average molecular weight is 697 g/mol. The topological polar surface area (TPSA) is 171 Å². The van der Waals surface area contributed by atoms with Crippen LogP contribution in [0.2, 0.25) is 0 Å². The highest BCUT2D eigenvalue weighted by atomic mass is 31.1. The quantitative estimate of drug-likeness (QED) is 0.0867. The summed E-state index contributed by atoms with van der Waals surface area (Å²) in [6.45, 7) is 2.33. The van der Waals surface area contributed by atoms with E-state index in [2.05, 4.69) is 12.3 Å². The number of aliphatic hydroxyl groups is 2. The first kappa shape index (κ1) is 37.5. The smallest absolute Gasteiger partial charge is 0.491 e. The summed E-state index contributed by atoms with van der Waals surface area (Å²) in [4.78, 5) is 32.8. The first-order chi connectivity index (χ1) is 23.7. The van der Waals surface area contributed by atoms with Crippen LogP contribution in [0.5, 0.6) is 11.5 Å². The van der Waals surface area contributed by atoms with Gasteiger partial charge < -0.3 is 34.6 Å². The van der Waals surface area contributed by atoms with Gasteiger partial charge in [0.2, 0.25) is 0 Å². The predicted molar refractivity (Wildman–Crippen MR) is 184 cm³/mol. The number of ether oxygens (including phenoxy) is 4. The van der Waals surface area contributed by atoms with Gasteiger partial charge in [-0.15, -0.1) is 0 Å². The van der Waals surface area contributed by atoms with Gasteiger partial charge in [-0.3, -0.25) is 9.36 Å². The van der Waals surface area contributed by atoms with Crippen molar-refractivity contribution >= 4 is 8.69 Å². The van der Waals surface area contributed by atoms with Crippen molar-refractivity contribution in [3.05, 3.63) is 129 Å². The number of hydrogen-bond donors (Lipinski definition) is 4. The number of methoxy groups -OCH3 is 2. The fraction of sp³-hybridized carbons (Fsp3) is 0.371. The fourth-order valence-corrected chi connectivity index (χ4v) is 5.78. The highest BCUT2D eigenvalue weighted by molar-refractivity contribution is 7.16. The molecule has 4 aromatic rings. The summed E-state index contributed by atoms with van der Waals surface area (Å²) < 4.78 is 34.3. The van der Waals surface area contributed by atoms with E-state index in [0.717, 1.165) is 45.2 Å². The number of rotatable bonds is 14. The lowest BCUT2D eigenvalue weighted by Gasteiger charge is -2.37. The van der Waals surface area contributed by atoms with Crippen molar-refractivity contribution in [3.8, 4) is 11.5 Å². The van der Waals surface area contributed by atoms with E-state index >= 15 is 0 Å². The van der Waals surface area contributed by atoms with Gasteiger partial charge in [0, 0.05) is 18.8 Å².